The minimum Gasteiger partial charge on any atom is -0.390 e. The first-order valence-corrected chi connectivity index (χ1v) is 9.11. The maximum atomic E-state index is 13.6. The summed E-state index contributed by atoms with van der Waals surface area (Å²) in [5, 5.41) is 13.9. The Morgan fingerprint density at radius 3 is 2.29 bits per heavy atom. The van der Waals surface area contributed by atoms with Gasteiger partial charge in [-0.15, -0.1) is 0 Å². The molecule has 28 heavy (non-hydrogen) atoms. The zero-order valence-corrected chi connectivity index (χ0v) is 15.0. The van der Waals surface area contributed by atoms with Crippen molar-refractivity contribution >= 4 is 5.91 Å². The molecule has 0 fully saturated rings. The summed E-state index contributed by atoms with van der Waals surface area (Å²) in [5.41, 5.74) is 2.84. The molecule has 1 aliphatic rings. The maximum absolute atomic E-state index is 13.6. The van der Waals surface area contributed by atoms with Crippen molar-refractivity contribution < 1.29 is 18.7 Å². The van der Waals surface area contributed by atoms with E-state index in [1.807, 2.05) is 30.3 Å². The van der Waals surface area contributed by atoms with Crippen molar-refractivity contribution in [2.24, 2.45) is 0 Å². The highest BCUT2D eigenvalue weighted by Gasteiger charge is 2.40. The standard InChI is InChI=1S/C23H19F2NO2/c24-19-11-10-14(13-20(19)25)12-18-16-8-4-5-9-17(16)21(22(18)27)26-23(28)15-6-2-1-3-7-15/h1-11,13,18,21-22,27H,12H2,(H,26,28)/t18-,21+,22?/m0/s1. The fraction of sp³-hybridized carbons (Fsp3) is 0.174. The van der Waals surface area contributed by atoms with Gasteiger partial charge in [-0.1, -0.05) is 48.5 Å². The molecule has 3 nitrogen and oxygen atoms in total. The highest BCUT2D eigenvalue weighted by Crippen LogP contribution is 2.42. The number of aliphatic hydroxyl groups excluding tert-OH is 1. The highest BCUT2D eigenvalue weighted by atomic mass is 19.2. The molecule has 1 aliphatic carbocycles. The van der Waals surface area contributed by atoms with Gasteiger partial charge >= 0.3 is 0 Å². The van der Waals surface area contributed by atoms with Crippen molar-refractivity contribution in [1.82, 2.24) is 5.32 Å². The molecule has 0 saturated carbocycles. The molecule has 0 spiro atoms. The molecule has 4 rings (SSSR count). The molecule has 3 atom stereocenters. The number of hydrogen-bond acceptors (Lipinski definition) is 2. The second kappa shape index (κ2) is 7.52. The van der Waals surface area contributed by atoms with E-state index in [1.165, 1.54) is 6.07 Å². The van der Waals surface area contributed by atoms with Crippen LogP contribution in [0.15, 0.2) is 72.8 Å². The van der Waals surface area contributed by atoms with Gasteiger partial charge in [-0.25, -0.2) is 8.78 Å². The van der Waals surface area contributed by atoms with E-state index in [9.17, 15) is 18.7 Å². The lowest BCUT2D eigenvalue weighted by Gasteiger charge is -2.22. The van der Waals surface area contributed by atoms with Gasteiger partial charge in [-0.2, -0.15) is 0 Å². The summed E-state index contributed by atoms with van der Waals surface area (Å²) in [4.78, 5) is 12.6. The Kier molecular flexibility index (Phi) is 4.92. The van der Waals surface area contributed by atoms with Crippen molar-refractivity contribution in [3.63, 3.8) is 0 Å². The number of fused-ring (bicyclic) bond motifs is 1. The Labute approximate surface area is 161 Å². The van der Waals surface area contributed by atoms with E-state index in [1.54, 1.807) is 24.3 Å². The molecule has 3 aromatic rings. The number of rotatable bonds is 4. The van der Waals surface area contributed by atoms with Crippen LogP contribution in [0, 0.1) is 11.6 Å². The van der Waals surface area contributed by atoms with Crippen LogP contribution in [0.3, 0.4) is 0 Å². The van der Waals surface area contributed by atoms with Crippen LogP contribution in [-0.2, 0) is 6.42 Å². The molecule has 0 heterocycles. The summed E-state index contributed by atoms with van der Waals surface area (Å²) < 4.78 is 26.8. The minimum atomic E-state index is -0.910. The van der Waals surface area contributed by atoms with Crippen LogP contribution < -0.4 is 5.32 Å². The van der Waals surface area contributed by atoms with Gasteiger partial charge in [-0.05, 0) is 47.4 Å². The van der Waals surface area contributed by atoms with Crippen LogP contribution in [-0.4, -0.2) is 17.1 Å². The average Bonchev–Trinajstić information content (AvgIpc) is 2.97. The number of hydrogen-bond donors (Lipinski definition) is 2. The fourth-order valence-corrected chi connectivity index (χ4v) is 3.86. The molecule has 1 amide bonds. The van der Waals surface area contributed by atoms with Gasteiger partial charge in [0.2, 0.25) is 0 Å². The van der Waals surface area contributed by atoms with E-state index in [-0.39, 0.29) is 11.8 Å². The summed E-state index contributed by atoms with van der Waals surface area (Å²) in [6, 6.07) is 19.5. The zero-order chi connectivity index (χ0) is 19.7. The van der Waals surface area contributed by atoms with E-state index < -0.39 is 23.8 Å². The number of amides is 1. The summed E-state index contributed by atoms with van der Waals surface area (Å²) >= 11 is 0. The quantitative estimate of drug-likeness (QED) is 0.716. The van der Waals surface area contributed by atoms with Crippen molar-refractivity contribution in [3.8, 4) is 0 Å². The molecule has 5 heteroatoms. The van der Waals surface area contributed by atoms with Crippen LogP contribution in [0.2, 0.25) is 0 Å². The van der Waals surface area contributed by atoms with Crippen molar-refractivity contribution in [2.75, 3.05) is 0 Å². The van der Waals surface area contributed by atoms with Crippen molar-refractivity contribution in [2.45, 2.75) is 24.5 Å². The Balaban J connectivity index is 1.61. The third-order valence-corrected chi connectivity index (χ3v) is 5.25. The lowest BCUT2D eigenvalue weighted by molar-refractivity contribution is 0.0813. The zero-order valence-electron chi connectivity index (χ0n) is 15.0. The van der Waals surface area contributed by atoms with Gasteiger partial charge in [0.05, 0.1) is 12.1 Å². The predicted octanol–water partition coefficient (Wildman–Crippen LogP) is 4.14. The molecule has 142 valence electrons. The van der Waals surface area contributed by atoms with Crippen molar-refractivity contribution in [1.29, 1.82) is 0 Å². The van der Waals surface area contributed by atoms with Crippen LogP contribution in [0.25, 0.3) is 0 Å². The molecule has 3 aromatic carbocycles. The third kappa shape index (κ3) is 3.41. The SMILES string of the molecule is O=C(N[C@@H]1c2ccccc2[C@H](Cc2ccc(F)c(F)c2)C1O)c1ccccc1. The van der Waals surface area contributed by atoms with Gasteiger partial charge in [0, 0.05) is 11.5 Å². The highest BCUT2D eigenvalue weighted by molar-refractivity contribution is 5.94. The molecule has 0 saturated heterocycles. The Hall–Kier alpha value is -3.05. The average molecular weight is 379 g/mol. The fourth-order valence-electron chi connectivity index (χ4n) is 3.86. The molecular weight excluding hydrogens is 360 g/mol. The monoisotopic (exact) mass is 379 g/mol. The number of benzene rings is 3. The van der Waals surface area contributed by atoms with Crippen LogP contribution >= 0.6 is 0 Å². The number of carbonyl (C=O) groups excluding carboxylic acids is 1. The van der Waals surface area contributed by atoms with Gasteiger partial charge in [0.25, 0.3) is 5.91 Å². The van der Waals surface area contributed by atoms with E-state index in [0.29, 0.717) is 17.5 Å². The van der Waals surface area contributed by atoms with Gasteiger partial charge in [-0.3, -0.25) is 4.79 Å². The molecule has 0 bridgehead atoms. The van der Waals surface area contributed by atoms with E-state index in [0.717, 1.165) is 23.3 Å². The largest absolute Gasteiger partial charge is 0.390 e. The van der Waals surface area contributed by atoms with Gasteiger partial charge in [0.15, 0.2) is 11.6 Å². The van der Waals surface area contributed by atoms with Gasteiger partial charge < -0.3 is 10.4 Å². The second-order valence-corrected chi connectivity index (χ2v) is 7.00. The third-order valence-electron chi connectivity index (χ3n) is 5.25. The first-order valence-electron chi connectivity index (χ1n) is 9.11. The summed E-state index contributed by atoms with van der Waals surface area (Å²) in [6.45, 7) is 0. The van der Waals surface area contributed by atoms with Crippen molar-refractivity contribution in [3.05, 3.63) is 107 Å². The Morgan fingerprint density at radius 2 is 1.57 bits per heavy atom. The van der Waals surface area contributed by atoms with Gasteiger partial charge in [0.1, 0.15) is 0 Å². The number of nitrogens with one attached hydrogen (secondary N) is 1. The molecular formula is C23H19F2NO2. The normalized spacial score (nSPS) is 20.6. The lowest BCUT2D eigenvalue weighted by atomic mass is 9.92. The number of halogens is 2. The lowest BCUT2D eigenvalue weighted by Crippen LogP contribution is -2.35. The second-order valence-electron chi connectivity index (χ2n) is 7.00. The summed E-state index contributed by atoms with van der Waals surface area (Å²) in [5.74, 6) is -2.41. The Morgan fingerprint density at radius 1 is 0.893 bits per heavy atom. The van der Waals surface area contributed by atoms with Crippen LogP contribution in [0.4, 0.5) is 8.78 Å². The van der Waals surface area contributed by atoms with Crippen LogP contribution in [0.1, 0.15) is 39.0 Å². The molecule has 1 unspecified atom stereocenters. The predicted molar refractivity (Wildman–Crippen MR) is 102 cm³/mol. The summed E-state index contributed by atoms with van der Waals surface area (Å²) in [7, 11) is 0. The van der Waals surface area contributed by atoms with E-state index in [2.05, 4.69) is 5.32 Å². The number of carbonyl (C=O) groups is 1. The first-order chi connectivity index (χ1) is 13.5. The topological polar surface area (TPSA) is 49.3 Å². The molecule has 0 radical (unpaired) electrons. The van der Waals surface area contributed by atoms with E-state index >= 15 is 0 Å². The van der Waals surface area contributed by atoms with E-state index in [4.69, 9.17) is 0 Å². The smallest absolute Gasteiger partial charge is 0.251 e. The maximum Gasteiger partial charge on any atom is 0.251 e. The first kappa shape index (κ1) is 18.3. The molecule has 2 N–H and O–H groups in total. The Bertz CT molecular complexity index is 1010. The summed E-state index contributed by atoms with van der Waals surface area (Å²) in [6.07, 6.45) is -0.536. The van der Waals surface area contributed by atoms with Crippen LogP contribution in [0.5, 0.6) is 0 Å². The number of aliphatic hydroxyl groups is 1. The molecule has 0 aromatic heterocycles. The minimum absolute atomic E-state index is 0.270. The molecule has 0 aliphatic heterocycles.